The van der Waals surface area contributed by atoms with Crippen molar-refractivity contribution in [2.24, 2.45) is 4.99 Å². The SMILES string of the molecule is C=CCN(C)c1cc2c(cc1N)C=NC2. The van der Waals surface area contributed by atoms with E-state index in [0.29, 0.717) is 0 Å². The summed E-state index contributed by atoms with van der Waals surface area (Å²) in [6.45, 7) is 5.29. The predicted octanol–water partition coefficient (Wildman–Crippen LogP) is 1.82. The second kappa shape index (κ2) is 3.77. The molecule has 78 valence electrons. The van der Waals surface area contributed by atoms with Gasteiger partial charge >= 0.3 is 0 Å². The molecule has 0 aromatic heterocycles. The second-order valence-corrected chi connectivity index (χ2v) is 3.75. The Morgan fingerprint density at radius 3 is 3.13 bits per heavy atom. The Morgan fingerprint density at radius 1 is 1.60 bits per heavy atom. The minimum Gasteiger partial charge on any atom is -0.397 e. The summed E-state index contributed by atoms with van der Waals surface area (Å²) in [5.41, 5.74) is 10.2. The van der Waals surface area contributed by atoms with Crippen molar-refractivity contribution in [1.29, 1.82) is 0 Å². The van der Waals surface area contributed by atoms with Gasteiger partial charge in [-0.2, -0.15) is 0 Å². The van der Waals surface area contributed by atoms with Gasteiger partial charge in [0.15, 0.2) is 0 Å². The van der Waals surface area contributed by atoms with Gasteiger partial charge in [-0.3, -0.25) is 4.99 Å². The number of nitrogens with two attached hydrogens (primary N) is 1. The van der Waals surface area contributed by atoms with Gasteiger partial charge in [0.05, 0.1) is 17.9 Å². The lowest BCUT2D eigenvalue weighted by Crippen LogP contribution is -2.18. The van der Waals surface area contributed by atoms with Crippen molar-refractivity contribution in [2.75, 3.05) is 24.2 Å². The third-order valence-electron chi connectivity index (χ3n) is 2.59. The standard InChI is InChI=1S/C12H15N3/c1-3-4-15(2)12-6-10-8-14-7-9(10)5-11(12)13/h3,5-7H,1,4,8,13H2,2H3. The molecule has 3 nitrogen and oxygen atoms in total. The topological polar surface area (TPSA) is 41.6 Å². The van der Waals surface area contributed by atoms with Crippen LogP contribution in [0.25, 0.3) is 0 Å². The van der Waals surface area contributed by atoms with E-state index in [2.05, 4.69) is 22.5 Å². The molecule has 1 aliphatic rings. The summed E-state index contributed by atoms with van der Waals surface area (Å²) in [5.74, 6) is 0. The van der Waals surface area contributed by atoms with E-state index in [9.17, 15) is 0 Å². The van der Waals surface area contributed by atoms with Gasteiger partial charge in [-0.25, -0.2) is 0 Å². The highest BCUT2D eigenvalue weighted by atomic mass is 15.1. The van der Waals surface area contributed by atoms with E-state index in [1.54, 1.807) is 0 Å². The Hall–Kier alpha value is -1.77. The van der Waals surface area contributed by atoms with E-state index < -0.39 is 0 Å². The van der Waals surface area contributed by atoms with Crippen LogP contribution in [0.1, 0.15) is 11.1 Å². The fraction of sp³-hybridized carbons (Fsp3) is 0.250. The van der Waals surface area contributed by atoms with E-state index in [0.717, 1.165) is 30.0 Å². The average Bonchev–Trinajstić information content (AvgIpc) is 2.63. The number of likely N-dealkylation sites (N-methyl/N-ethyl adjacent to an activating group) is 1. The molecule has 0 saturated carbocycles. The van der Waals surface area contributed by atoms with Crippen LogP contribution in [0.15, 0.2) is 29.8 Å². The van der Waals surface area contributed by atoms with E-state index >= 15 is 0 Å². The molecule has 2 N–H and O–H groups in total. The minimum atomic E-state index is 0.768. The van der Waals surface area contributed by atoms with Crippen LogP contribution in [0.5, 0.6) is 0 Å². The number of benzene rings is 1. The van der Waals surface area contributed by atoms with Gasteiger partial charge in [0.25, 0.3) is 0 Å². The van der Waals surface area contributed by atoms with E-state index in [1.807, 2.05) is 25.4 Å². The molecule has 0 aliphatic carbocycles. The third kappa shape index (κ3) is 1.73. The first-order valence-corrected chi connectivity index (χ1v) is 4.96. The summed E-state index contributed by atoms with van der Waals surface area (Å²) in [7, 11) is 2.01. The number of fused-ring (bicyclic) bond motifs is 1. The molecule has 1 aromatic rings. The molecule has 0 bridgehead atoms. The summed E-state index contributed by atoms with van der Waals surface area (Å²) >= 11 is 0. The summed E-state index contributed by atoms with van der Waals surface area (Å²) in [4.78, 5) is 6.30. The second-order valence-electron chi connectivity index (χ2n) is 3.75. The van der Waals surface area contributed by atoms with Crippen LogP contribution in [0.3, 0.4) is 0 Å². The smallest absolute Gasteiger partial charge is 0.0647 e. The molecule has 1 heterocycles. The van der Waals surface area contributed by atoms with Crippen LogP contribution in [-0.2, 0) is 6.54 Å². The van der Waals surface area contributed by atoms with Crippen molar-refractivity contribution in [3.63, 3.8) is 0 Å². The maximum Gasteiger partial charge on any atom is 0.0647 e. The van der Waals surface area contributed by atoms with Gasteiger partial charge in [-0.1, -0.05) is 6.08 Å². The molecule has 1 aliphatic heterocycles. The van der Waals surface area contributed by atoms with E-state index in [-0.39, 0.29) is 0 Å². The van der Waals surface area contributed by atoms with Crippen molar-refractivity contribution in [1.82, 2.24) is 0 Å². The number of aliphatic imine (C=N–C) groups is 1. The maximum absolute atomic E-state index is 5.99. The van der Waals surface area contributed by atoms with Crippen LogP contribution < -0.4 is 10.6 Å². The predicted molar refractivity (Wildman–Crippen MR) is 65.6 cm³/mol. The first-order valence-electron chi connectivity index (χ1n) is 4.96. The molecular formula is C12H15N3. The van der Waals surface area contributed by atoms with Gasteiger partial charge in [-0.05, 0) is 23.3 Å². The van der Waals surface area contributed by atoms with Crippen LogP contribution in [0.2, 0.25) is 0 Å². The van der Waals surface area contributed by atoms with E-state index in [1.165, 1.54) is 5.56 Å². The van der Waals surface area contributed by atoms with E-state index in [4.69, 9.17) is 5.73 Å². The summed E-state index contributed by atoms with van der Waals surface area (Å²) in [6.07, 6.45) is 3.74. The lowest BCUT2D eigenvalue weighted by atomic mass is 10.1. The molecule has 1 aromatic carbocycles. The van der Waals surface area contributed by atoms with Gasteiger partial charge < -0.3 is 10.6 Å². The van der Waals surface area contributed by atoms with Gasteiger partial charge in [0.1, 0.15) is 0 Å². The van der Waals surface area contributed by atoms with Crippen molar-refractivity contribution in [2.45, 2.75) is 6.54 Å². The minimum absolute atomic E-state index is 0.768. The molecule has 0 amide bonds. The van der Waals surface area contributed by atoms with Gasteiger partial charge in [-0.15, -0.1) is 6.58 Å². The average molecular weight is 201 g/mol. The third-order valence-corrected chi connectivity index (χ3v) is 2.59. The number of rotatable bonds is 3. The highest BCUT2D eigenvalue weighted by Crippen LogP contribution is 2.28. The Kier molecular flexibility index (Phi) is 2.46. The normalized spacial score (nSPS) is 12.6. The number of nitrogen functional groups attached to an aromatic ring is 1. The Labute approximate surface area is 89.9 Å². The van der Waals surface area contributed by atoms with Gasteiger partial charge in [0, 0.05) is 19.8 Å². The molecule has 0 saturated heterocycles. The zero-order valence-corrected chi connectivity index (χ0v) is 8.90. The van der Waals surface area contributed by atoms with Crippen LogP contribution >= 0.6 is 0 Å². The number of anilines is 2. The summed E-state index contributed by atoms with van der Waals surface area (Å²) < 4.78 is 0. The molecule has 15 heavy (non-hydrogen) atoms. The Balaban J connectivity index is 2.37. The zero-order valence-electron chi connectivity index (χ0n) is 8.90. The Bertz CT molecular complexity index is 421. The van der Waals surface area contributed by atoms with Gasteiger partial charge in [0.2, 0.25) is 0 Å². The number of hydrogen-bond donors (Lipinski definition) is 1. The molecule has 0 fully saturated rings. The van der Waals surface area contributed by atoms with Crippen LogP contribution in [-0.4, -0.2) is 19.8 Å². The quantitative estimate of drug-likeness (QED) is 0.598. The largest absolute Gasteiger partial charge is 0.397 e. The molecule has 0 unspecified atom stereocenters. The zero-order chi connectivity index (χ0) is 10.8. The Morgan fingerprint density at radius 2 is 2.40 bits per heavy atom. The molecule has 0 radical (unpaired) electrons. The summed E-state index contributed by atoms with van der Waals surface area (Å²) in [5, 5.41) is 0. The fourth-order valence-electron chi connectivity index (χ4n) is 1.79. The van der Waals surface area contributed by atoms with Crippen LogP contribution in [0.4, 0.5) is 11.4 Å². The maximum atomic E-state index is 5.99. The monoisotopic (exact) mass is 201 g/mol. The molecule has 3 heteroatoms. The number of hydrogen-bond acceptors (Lipinski definition) is 3. The first-order chi connectivity index (χ1) is 7.22. The lowest BCUT2D eigenvalue weighted by Gasteiger charge is -2.20. The molecule has 2 rings (SSSR count). The molecule has 0 atom stereocenters. The summed E-state index contributed by atoms with van der Waals surface area (Å²) in [6, 6.07) is 4.10. The lowest BCUT2D eigenvalue weighted by molar-refractivity contribution is 1.02. The van der Waals surface area contributed by atoms with Crippen molar-refractivity contribution in [3.8, 4) is 0 Å². The highest BCUT2D eigenvalue weighted by Gasteiger charge is 2.11. The highest BCUT2D eigenvalue weighted by molar-refractivity contribution is 5.88. The molecule has 0 spiro atoms. The molecular weight excluding hydrogens is 186 g/mol. The van der Waals surface area contributed by atoms with Crippen molar-refractivity contribution >= 4 is 17.6 Å². The first kappa shape index (κ1) is 9.77. The van der Waals surface area contributed by atoms with Crippen molar-refractivity contribution in [3.05, 3.63) is 35.9 Å². The number of nitrogens with zero attached hydrogens (tertiary/aromatic N) is 2. The van der Waals surface area contributed by atoms with Crippen molar-refractivity contribution < 1.29 is 0 Å². The fourth-order valence-corrected chi connectivity index (χ4v) is 1.79. The van der Waals surface area contributed by atoms with Crippen LogP contribution in [0, 0.1) is 0 Å².